The molecule has 0 aliphatic carbocycles. The highest BCUT2D eigenvalue weighted by Crippen LogP contribution is 2.25. The summed E-state index contributed by atoms with van der Waals surface area (Å²) in [5, 5.41) is 0. The standard InChI is InChI=1S/C16H24N2O3S/c1-13(15-7-3-2-4-8-15)12-22(20,21)18-9-5-6-14(11-18)10-16(17)19/h2-4,7-8,13-14H,5-6,9-12H2,1H3,(H2,17,19)/t13-,14+/m0/s1. The molecular weight excluding hydrogens is 300 g/mol. The number of primary amides is 1. The van der Waals surface area contributed by atoms with Crippen molar-refractivity contribution in [3.05, 3.63) is 35.9 Å². The van der Waals surface area contributed by atoms with Crippen molar-refractivity contribution in [2.24, 2.45) is 11.7 Å². The van der Waals surface area contributed by atoms with Crippen molar-refractivity contribution < 1.29 is 13.2 Å². The molecule has 0 spiro atoms. The maximum atomic E-state index is 12.6. The number of nitrogens with zero attached hydrogens (tertiary/aromatic N) is 1. The third-order valence-corrected chi connectivity index (χ3v) is 6.23. The van der Waals surface area contributed by atoms with E-state index in [4.69, 9.17) is 5.73 Å². The van der Waals surface area contributed by atoms with Crippen LogP contribution in [0.15, 0.2) is 30.3 Å². The van der Waals surface area contributed by atoms with E-state index in [1.165, 1.54) is 4.31 Å². The first-order chi connectivity index (χ1) is 10.4. The van der Waals surface area contributed by atoms with Gasteiger partial charge in [0, 0.05) is 19.5 Å². The van der Waals surface area contributed by atoms with Crippen molar-refractivity contribution in [2.45, 2.75) is 32.1 Å². The van der Waals surface area contributed by atoms with E-state index in [0.29, 0.717) is 13.1 Å². The minimum atomic E-state index is -3.32. The SMILES string of the molecule is C[C@@H](CS(=O)(=O)N1CCC[C@H](CC(N)=O)C1)c1ccccc1. The van der Waals surface area contributed by atoms with Gasteiger partial charge in [-0.25, -0.2) is 12.7 Å². The van der Waals surface area contributed by atoms with Crippen LogP contribution in [0.5, 0.6) is 0 Å². The van der Waals surface area contributed by atoms with Gasteiger partial charge in [0.1, 0.15) is 0 Å². The second-order valence-corrected chi connectivity index (χ2v) is 8.14. The Kier molecular flexibility index (Phi) is 5.58. The lowest BCUT2D eigenvalue weighted by Crippen LogP contribution is -2.42. The molecule has 1 aromatic rings. The molecule has 0 bridgehead atoms. The fourth-order valence-electron chi connectivity index (χ4n) is 3.03. The molecule has 1 aromatic carbocycles. The van der Waals surface area contributed by atoms with E-state index in [-0.39, 0.29) is 29.9 Å². The van der Waals surface area contributed by atoms with Crippen molar-refractivity contribution in [3.63, 3.8) is 0 Å². The topological polar surface area (TPSA) is 80.5 Å². The van der Waals surface area contributed by atoms with E-state index in [9.17, 15) is 13.2 Å². The molecule has 22 heavy (non-hydrogen) atoms. The van der Waals surface area contributed by atoms with E-state index in [0.717, 1.165) is 18.4 Å². The average Bonchev–Trinajstić information content (AvgIpc) is 2.47. The van der Waals surface area contributed by atoms with Gasteiger partial charge in [0.2, 0.25) is 15.9 Å². The number of piperidine rings is 1. The largest absolute Gasteiger partial charge is 0.370 e. The van der Waals surface area contributed by atoms with Gasteiger partial charge in [-0.3, -0.25) is 4.79 Å². The van der Waals surface area contributed by atoms with Crippen molar-refractivity contribution in [1.82, 2.24) is 4.31 Å². The van der Waals surface area contributed by atoms with Crippen LogP contribution in [0.2, 0.25) is 0 Å². The van der Waals surface area contributed by atoms with Gasteiger partial charge in [-0.15, -0.1) is 0 Å². The number of hydrogen-bond acceptors (Lipinski definition) is 3. The molecule has 1 amide bonds. The number of nitrogens with two attached hydrogens (primary N) is 1. The maximum absolute atomic E-state index is 12.6. The Morgan fingerprint density at radius 2 is 2.05 bits per heavy atom. The summed E-state index contributed by atoms with van der Waals surface area (Å²) in [6.07, 6.45) is 1.92. The van der Waals surface area contributed by atoms with Gasteiger partial charge >= 0.3 is 0 Å². The molecule has 122 valence electrons. The summed E-state index contributed by atoms with van der Waals surface area (Å²) < 4.78 is 26.8. The van der Waals surface area contributed by atoms with Crippen LogP contribution in [-0.2, 0) is 14.8 Å². The summed E-state index contributed by atoms with van der Waals surface area (Å²) >= 11 is 0. The van der Waals surface area contributed by atoms with Crippen LogP contribution in [0.4, 0.5) is 0 Å². The molecular formula is C16H24N2O3S. The molecule has 1 aliphatic heterocycles. The highest BCUT2D eigenvalue weighted by Gasteiger charge is 2.30. The van der Waals surface area contributed by atoms with Crippen molar-refractivity contribution >= 4 is 15.9 Å². The van der Waals surface area contributed by atoms with Gasteiger partial charge in [0.25, 0.3) is 0 Å². The minimum absolute atomic E-state index is 0.0491. The van der Waals surface area contributed by atoms with E-state index in [1.807, 2.05) is 37.3 Å². The van der Waals surface area contributed by atoms with E-state index >= 15 is 0 Å². The third kappa shape index (κ3) is 4.55. The van der Waals surface area contributed by atoms with Crippen molar-refractivity contribution in [2.75, 3.05) is 18.8 Å². The van der Waals surface area contributed by atoms with Gasteiger partial charge in [-0.2, -0.15) is 0 Å². The lowest BCUT2D eigenvalue weighted by molar-refractivity contribution is -0.119. The molecule has 0 aromatic heterocycles. The highest BCUT2D eigenvalue weighted by atomic mass is 32.2. The average molecular weight is 324 g/mol. The van der Waals surface area contributed by atoms with E-state index in [1.54, 1.807) is 0 Å². The van der Waals surface area contributed by atoms with Crippen molar-refractivity contribution in [3.8, 4) is 0 Å². The summed E-state index contributed by atoms with van der Waals surface area (Å²) in [7, 11) is -3.32. The molecule has 5 nitrogen and oxygen atoms in total. The van der Waals surface area contributed by atoms with Gasteiger partial charge in [-0.1, -0.05) is 37.3 Å². The first-order valence-electron chi connectivity index (χ1n) is 7.69. The number of benzene rings is 1. The third-order valence-electron chi connectivity index (χ3n) is 4.19. The number of sulfonamides is 1. The summed E-state index contributed by atoms with van der Waals surface area (Å²) in [4.78, 5) is 11.0. The molecule has 1 heterocycles. The molecule has 1 aliphatic rings. The second kappa shape index (κ2) is 7.24. The van der Waals surface area contributed by atoms with Crippen LogP contribution < -0.4 is 5.73 Å². The van der Waals surface area contributed by atoms with Crippen LogP contribution in [0.25, 0.3) is 0 Å². The quantitative estimate of drug-likeness (QED) is 0.865. The number of carbonyl (C=O) groups excluding carboxylic acids is 1. The maximum Gasteiger partial charge on any atom is 0.217 e. The number of hydrogen-bond donors (Lipinski definition) is 1. The molecule has 6 heteroatoms. The van der Waals surface area contributed by atoms with Gasteiger partial charge in [0.05, 0.1) is 5.75 Å². The Morgan fingerprint density at radius 3 is 2.68 bits per heavy atom. The first-order valence-corrected chi connectivity index (χ1v) is 9.30. The Bertz CT molecular complexity index is 601. The predicted octanol–water partition coefficient (Wildman–Crippen LogP) is 1.71. The van der Waals surface area contributed by atoms with Crippen LogP contribution in [-0.4, -0.2) is 37.5 Å². The Morgan fingerprint density at radius 1 is 1.36 bits per heavy atom. The monoisotopic (exact) mass is 324 g/mol. The molecule has 2 rings (SSSR count). The minimum Gasteiger partial charge on any atom is -0.370 e. The van der Waals surface area contributed by atoms with Gasteiger partial charge in [-0.05, 0) is 30.2 Å². The van der Waals surface area contributed by atoms with Crippen molar-refractivity contribution in [1.29, 1.82) is 0 Å². The van der Waals surface area contributed by atoms with E-state index in [2.05, 4.69) is 0 Å². The molecule has 1 saturated heterocycles. The smallest absolute Gasteiger partial charge is 0.217 e. The fraction of sp³-hybridized carbons (Fsp3) is 0.562. The summed E-state index contributed by atoms with van der Waals surface area (Å²) in [5.74, 6) is -0.266. The summed E-state index contributed by atoms with van der Waals surface area (Å²) in [6, 6.07) is 9.66. The lowest BCUT2D eigenvalue weighted by Gasteiger charge is -2.32. The zero-order valence-corrected chi connectivity index (χ0v) is 13.8. The second-order valence-electron chi connectivity index (χ2n) is 6.13. The zero-order valence-electron chi connectivity index (χ0n) is 12.9. The molecule has 2 N–H and O–H groups in total. The molecule has 0 unspecified atom stereocenters. The first kappa shape index (κ1) is 17.0. The molecule has 2 atom stereocenters. The fourth-order valence-corrected chi connectivity index (χ4v) is 4.91. The Hall–Kier alpha value is -1.40. The number of rotatable bonds is 6. The highest BCUT2D eigenvalue weighted by molar-refractivity contribution is 7.89. The van der Waals surface area contributed by atoms with Gasteiger partial charge < -0.3 is 5.73 Å². The summed E-state index contributed by atoms with van der Waals surface area (Å²) in [6.45, 7) is 2.88. The zero-order chi connectivity index (χ0) is 16.2. The van der Waals surface area contributed by atoms with E-state index < -0.39 is 10.0 Å². The number of carbonyl (C=O) groups is 1. The Balaban J connectivity index is 2.01. The normalized spacial score (nSPS) is 21.4. The lowest BCUT2D eigenvalue weighted by atomic mass is 9.96. The van der Waals surface area contributed by atoms with Gasteiger partial charge in [0.15, 0.2) is 0 Å². The van der Waals surface area contributed by atoms with Crippen LogP contribution >= 0.6 is 0 Å². The summed E-state index contributed by atoms with van der Waals surface area (Å²) in [5.41, 5.74) is 6.25. The molecule has 0 radical (unpaired) electrons. The molecule has 1 fully saturated rings. The number of amides is 1. The van der Waals surface area contributed by atoms with Crippen LogP contribution in [0, 0.1) is 5.92 Å². The van der Waals surface area contributed by atoms with Crippen LogP contribution in [0.3, 0.4) is 0 Å². The van der Waals surface area contributed by atoms with Crippen LogP contribution in [0.1, 0.15) is 37.7 Å². The Labute approximate surface area is 132 Å². The predicted molar refractivity (Wildman–Crippen MR) is 86.8 cm³/mol. The molecule has 0 saturated carbocycles.